The molecule has 0 aromatic heterocycles. The van der Waals surface area contributed by atoms with E-state index in [0.717, 1.165) is 19.3 Å². The second-order valence-corrected chi connectivity index (χ2v) is 5.78. The topological polar surface area (TPSA) is 49.5 Å². The van der Waals surface area contributed by atoms with Gasteiger partial charge in [-0.2, -0.15) is 0 Å². The van der Waals surface area contributed by atoms with Crippen LogP contribution in [0.5, 0.6) is 0 Å². The lowest BCUT2D eigenvalue weighted by Gasteiger charge is -2.53. The molecule has 0 amide bonds. The monoisotopic (exact) mass is 200 g/mol. The largest absolute Gasteiger partial charge is 0.396 e. The number of aliphatic hydroxyl groups is 1. The summed E-state index contributed by atoms with van der Waals surface area (Å²) in [6.45, 7) is 9.01. The zero-order valence-corrected chi connectivity index (χ0v) is 9.88. The number of nitrogens with two attached hydrogens (primary N) is 1. The SMILES string of the molecule is CC1(C)CC(CCO)CC(C)(C)N1N. The van der Waals surface area contributed by atoms with Crippen molar-refractivity contribution in [2.75, 3.05) is 6.61 Å². The molecule has 0 radical (unpaired) electrons. The first-order chi connectivity index (χ1) is 6.29. The van der Waals surface area contributed by atoms with Crippen LogP contribution in [-0.4, -0.2) is 27.8 Å². The molecule has 0 bridgehead atoms. The minimum Gasteiger partial charge on any atom is -0.396 e. The highest BCUT2D eigenvalue weighted by Gasteiger charge is 2.43. The van der Waals surface area contributed by atoms with Crippen molar-refractivity contribution in [2.24, 2.45) is 11.8 Å². The molecule has 0 aliphatic carbocycles. The Morgan fingerprint density at radius 1 is 1.21 bits per heavy atom. The smallest absolute Gasteiger partial charge is 0.0433 e. The van der Waals surface area contributed by atoms with Gasteiger partial charge in [0.1, 0.15) is 0 Å². The fourth-order valence-corrected chi connectivity index (χ4v) is 2.89. The van der Waals surface area contributed by atoms with Gasteiger partial charge in [-0.25, -0.2) is 5.01 Å². The normalized spacial score (nSPS) is 27.9. The van der Waals surface area contributed by atoms with Gasteiger partial charge in [0.15, 0.2) is 0 Å². The molecule has 1 heterocycles. The molecule has 0 unspecified atom stereocenters. The Kier molecular flexibility index (Phi) is 3.24. The quantitative estimate of drug-likeness (QED) is 0.664. The van der Waals surface area contributed by atoms with Crippen LogP contribution in [0.2, 0.25) is 0 Å². The molecule has 3 N–H and O–H groups in total. The van der Waals surface area contributed by atoms with E-state index in [1.54, 1.807) is 0 Å². The highest BCUT2D eigenvalue weighted by molar-refractivity contribution is 4.97. The first-order valence-corrected chi connectivity index (χ1v) is 5.45. The maximum atomic E-state index is 8.98. The molecule has 84 valence electrons. The van der Waals surface area contributed by atoms with Crippen molar-refractivity contribution in [3.8, 4) is 0 Å². The Hall–Kier alpha value is -0.120. The molecule has 1 aliphatic heterocycles. The van der Waals surface area contributed by atoms with E-state index in [0.29, 0.717) is 12.5 Å². The van der Waals surface area contributed by atoms with Crippen molar-refractivity contribution in [3.05, 3.63) is 0 Å². The van der Waals surface area contributed by atoms with Crippen LogP contribution in [0.1, 0.15) is 47.0 Å². The summed E-state index contributed by atoms with van der Waals surface area (Å²) in [7, 11) is 0. The predicted octanol–water partition coefficient (Wildman–Crippen LogP) is 1.51. The van der Waals surface area contributed by atoms with Gasteiger partial charge in [-0.3, -0.25) is 5.84 Å². The van der Waals surface area contributed by atoms with Crippen molar-refractivity contribution in [1.82, 2.24) is 5.01 Å². The van der Waals surface area contributed by atoms with Gasteiger partial charge in [-0.05, 0) is 52.9 Å². The number of hydrogen-bond acceptors (Lipinski definition) is 3. The van der Waals surface area contributed by atoms with E-state index in [9.17, 15) is 0 Å². The highest BCUT2D eigenvalue weighted by Crippen LogP contribution is 2.39. The molecule has 1 aliphatic rings. The van der Waals surface area contributed by atoms with Crippen LogP contribution < -0.4 is 5.84 Å². The van der Waals surface area contributed by atoms with Gasteiger partial charge in [0, 0.05) is 17.7 Å². The van der Waals surface area contributed by atoms with Gasteiger partial charge in [0.25, 0.3) is 0 Å². The lowest BCUT2D eigenvalue weighted by Crippen LogP contribution is -2.63. The highest BCUT2D eigenvalue weighted by atomic mass is 16.3. The predicted molar refractivity (Wildman–Crippen MR) is 58.6 cm³/mol. The van der Waals surface area contributed by atoms with Crippen LogP contribution >= 0.6 is 0 Å². The number of aliphatic hydroxyl groups excluding tert-OH is 1. The zero-order valence-electron chi connectivity index (χ0n) is 9.88. The minimum absolute atomic E-state index is 0.0432. The van der Waals surface area contributed by atoms with E-state index in [1.165, 1.54) is 0 Å². The third-order valence-corrected chi connectivity index (χ3v) is 3.42. The molecule has 0 aromatic rings. The van der Waals surface area contributed by atoms with E-state index < -0.39 is 0 Å². The molecule has 1 saturated heterocycles. The van der Waals surface area contributed by atoms with Crippen molar-refractivity contribution in [3.63, 3.8) is 0 Å². The molecule has 14 heavy (non-hydrogen) atoms. The van der Waals surface area contributed by atoms with Crippen molar-refractivity contribution in [1.29, 1.82) is 0 Å². The van der Waals surface area contributed by atoms with E-state index in [-0.39, 0.29) is 11.1 Å². The molecule has 0 atom stereocenters. The number of piperidine rings is 1. The number of rotatable bonds is 2. The van der Waals surface area contributed by atoms with Gasteiger partial charge in [0.05, 0.1) is 0 Å². The maximum absolute atomic E-state index is 8.98. The summed E-state index contributed by atoms with van der Waals surface area (Å²) in [5.41, 5.74) is 0.0865. The molecule has 1 rings (SSSR count). The average Bonchev–Trinajstić information content (AvgIpc) is 1.99. The summed E-state index contributed by atoms with van der Waals surface area (Å²) in [4.78, 5) is 0. The van der Waals surface area contributed by atoms with Crippen LogP contribution in [0.15, 0.2) is 0 Å². The van der Waals surface area contributed by atoms with Crippen molar-refractivity contribution < 1.29 is 5.11 Å². The van der Waals surface area contributed by atoms with Gasteiger partial charge in [0.2, 0.25) is 0 Å². The van der Waals surface area contributed by atoms with Crippen molar-refractivity contribution >= 4 is 0 Å². The Labute approximate surface area is 87.2 Å². The molecule has 0 aromatic carbocycles. The second kappa shape index (κ2) is 3.80. The summed E-state index contributed by atoms with van der Waals surface area (Å²) < 4.78 is 0. The summed E-state index contributed by atoms with van der Waals surface area (Å²) in [6, 6.07) is 0. The number of nitrogens with zero attached hydrogens (tertiary/aromatic N) is 1. The summed E-state index contributed by atoms with van der Waals surface area (Å²) in [5, 5.41) is 11.0. The van der Waals surface area contributed by atoms with Gasteiger partial charge in [-0.15, -0.1) is 0 Å². The Balaban J connectivity index is 2.75. The number of hydrazine groups is 1. The maximum Gasteiger partial charge on any atom is 0.0433 e. The zero-order chi connectivity index (χ0) is 11.0. The van der Waals surface area contributed by atoms with Crippen LogP contribution in [0.3, 0.4) is 0 Å². The Morgan fingerprint density at radius 2 is 1.64 bits per heavy atom. The number of hydrogen-bond donors (Lipinski definition) is 2. The molecule has 1 fully saturated rings. The van der Waals surface area contributed by atoms with E-state index in [4.69, 9.17) is 10.9 Å². The molecular weight excluding hydrogens is 176 g/mol. The van der Waals surface area contributed by atoms with Crippen LogP contribution in [0.4, 0.5) is 0 Å². The summed E-state index contributed by atoms with van der Waals surface area (Å²) in [6.07, 6.45) is 3.06. The second-order valence-electron chi connectivity index (χ2n) is 5.78. The third-order valence-electron chi connectivity index (χ3n) is 3.42. The molecular formula is C11H24N2O. The van der Waals surface area contributed by atoms with Gasteiger partial charge >= 0.3 is 0 Å². The first kappa shape index (κ1) is 12.0. The van der Waals surface area contributed by atoms with E-state index >= 15 is 0 Å². The summed E-state index contributed by atoms with van der Waals surface area (Å²) >= 11 is 0. The van der Waals surface area contributed by atoms with Gasteiger partial charge < -0.3 is 5.11 Å². The first-order valence-electron chi connectivity index (χ1n) is 5.45. The summed E-state index contributed by atoms with van der Waals surface area (Å²) in [5.74, 6) is 6.72. The molecule has 0 spiro atoms. The van der Waals surface area contributed by atoms with E-state index in [2.05, 4.69) is 27.7 Å². The van der Waals surface area contributed by atoms with Gasteiger partial charge in [-0.1, -0.05) is 0 Å². The Morgan fingerprint density at radius 3 is 2.00 bits per heavy atom. The lowest BCUT2D eigenvalue weighted by atomic mass is 9.74. The standard InChI is InChI=1S/C11H24N2O/c1-10(2)7-9(5-6-14)8-11(3,4)13(10)12/h9,14H,5-8,12H2,1-4H3. The average molecular weight is 200 g/mol. The lowest BCUT2D eigenvalue weighted by molar-refractivity contribution is -0.0565. The molecule has 0 saturated carbocycles. The third kappa shape index (κ3) is 2.27. The molecule has 3 nitrogen and oxygen atoms in total. The van der Waals surface area contributed by atoms with Crippen LogP contribution in [-0.2, 0) is 0 Å². The Bertz CT molecular complexity index is 183. The van der Waals surface area contributed by atoms with E-state index in [1.807, 2.05) is 5.01 Å². The van der Waals surface area contributed by atoms with Crippen molar-refractivity contribution in [2.45, 2.75) is 58.0 Å². The van der Waals surface area contributed by atoms with Crippen LogP contribution in [0, 0.1) is 5.92 Å². The fourth-order valence-electron chi connectivity index (χ4n) is 2.89. The molecule has 3 heteroatoms. The fraction of sp³-hybridized carbons (Fsp3) is 1.00. The minimum atomic E-state index is 0.0432. The van der Waals surface area contributed by atoms with Crippen LogP contribution in [0.25, 0.3) is 0 Å².